The van der Waals surface area contributed by atoms with Gasteiger partial charge >= 0.3 is 6.03 Å². The summed E-state index contributed by atoms with van der Waals surface area (Å²) < 4.78 is 11.3. The molecule has 190 valence electrons. The second kappa shape index (κ2) is 11.0. The molecule has 0 spiro atoms. The first-order valence-electron chi connectivity index (χ1n) is 12.8. The highest BCUT2D eigenvalue weighted by molar-refractivity contribution is 5.75. The first-order valence-corrected chi connectivity index (χ1v) is 12.8. The smallest absolute Gasteiger partial charge is 0.317 e. The zero-order chi connectivity index (χ0) is 24.9. The van der Waals surface area contributed by atoms with Gasteiger partial charge in [0.15, 0.2) is 11.7 Å². The minimum absolute atomic E-state index is 0.0528. The predicted octanol–water partition coefficient (Wildman–Crippen LogP) is 4.15. The van der Waals surface area contributed by atoms with Crippen LogP contribution in [-0.4, -0.2) is 73.2 Å². The Hall–Kier alpha value is -3.52. The highest BCUT2D eigenvalue weighted by Gasteiger charge is 2.27. The molecule has 2 aliphatic rings. The number of aryl methyl sites for hydroxylation is 1. The molecular weight excluding hydrogens is 454 g/mol. The van der Waals surface area contributed by atoms with Gasteiger partial charge in [0, 0.05) is 70.5 Å². The molecule has 0 radical (unpaired) electrons. The maximum Gasteiger partial charge on any atom is 0.317 e. The van der Waals surface area contributed by atoms with Gasteiger partial charge in [-0.25, -0.2) is 9.78 Å². The van der Waals surface area contributed by atoms with Gasteiger partial charge in [-0.1, -0.05) is 30.3 Å². The highest BCUT2D eigenvalue weighted by Crippen LogP contribution is 2.34. The average Bonchev–Trinajstić information content (AvgIpc) is 3.44. The van der Waals surface area contributed by atoms with Gasteiger partial charge < -0.3 is 24.3 Å². The summed E-state index contributed by atoms with van der Waals surface area (Å²) in [5.74, 6) is 2.08. The minimum Gasteiger partial charge on any atom is -0.496 e. The van der Waals surface area contributed by atoms with Gasteiger partial charge in [-0.15, -0.1) is 0 Å². The molecule has 8 heteroatoms. The number of anilines is 1. The molecule has 3 aromatic rings. The van der Waals surface area contributed by atoms with Crippen molar-refractivity contribution in [3.05, 3.63) is 66.2 Å². The maximum absolute atomic E-state index is 13.1. The Morgan fingerprint density at radius 2 is 1.97 bits per heavy atom. The lowest BCUT2D eigenvalue weighted by molar-refractivity contribution is 0.197. The van der Waals surface area contributed by atoms with Gasteiger partial charge in [0.25, 0.3) is 0 Å². The number of ether oxygens (including phenoxy) is 1. The van der Waals surface area contributed by atoms with E-state index in [4.69, 9.17) is 9.15 Å². The number of likely N-dealkylation sites (tertiary alicyclic amines) is 1. The minimum atomic E-state index is 0.0528. The zero-order valence-electron chi connectivity index (χ0n) is 21.2. The molecule has 2 aliphatic heterocycles. The molecule has 3 heterocycles. The molecule has 2 aromatic carbocycles. The van der Waals surface area contributed by atoms with E-state index in [-0.39, 0.29) is 12.1 Å². The summed E-state index contributed by atoms with van der Waals surface area (Å²) in [6.45, 7) is 7.80. The van der Waals surface area contributed by atoms with Crippen molar-refractivity contribution in [1.29, 1.82) is 0 Å². The molecule has 2 fully saturated rings. The number of carbonyl (C=O) groups excluding carboxylic acids is 1. The Labute approximate surface area is 212 Å². The van der Waals surface area contributed by atoms with E-state index in [1.807, 2.05) is 30.0 Å². The van der Waals surface area contributed by atoms with Crippen molar-refractivity contribution in [2.75, 3.05) is 51.3 Å². The lowest BCUT2D eigenvalue weighted by atomic mass is 10.1. The van der Waals surface area contributed by atoms with Crippen LogP contribution < -0.4 is 15.0 Å². The SMILES string of the molecule is COc1cc(N2CCCN(C(=O)NC3CCN(Cc4ccccc4)C3)CC2)ccc1-c1cnc(C)o1. The molecule has 2 saturated heterocycles. The summed E-state index contributed by atoms with van der Waals surface area (Å²) in [4.78, 5) is 24.0. The molecule has 1 N–H and O–H groups in total. The third-order valence-corrected chi connectivity index (χ3v) is 7.07. The lowest BCUT2D eigenvalue weighted by Crippen LogP contribution is -2.47. The first-order chi connectivity index (χ1) is 17.6. The Kier molecular flexibility index (Phi) is 7.41. The van der Waals surface area contributed by atoms with E-state index in [9.17, 15) is 4.79 Å². The monoisotopic (exact) mass is 489 g/mol. The molecule has 2 amide bonds. The number of nitrogens with one attached hydrogen (secondary N) is 1. The molecule has 0 saturated carbocycles. The van der Waals surface area contributed by atoms with Crippen LogP contribution in [0.15, 0.2) is 59.1 Å². The van der Waals surface area contributed by atoms with E-state index >= 15 is 0 Å². The van der Waals surface area contributed by atoms with Crippen LogP contribution in [-0.2, 0) is 6.54 Å². The number of aromatic nitrogens is 1. The van der Waals surface area contributed by atoms with E-state index < -0.39 is 0 Å². The van der Waals surface area contributed by atoms with Crippen LogP contribution in [0.2, 0.25) is 0 Å². The Morgan fingerprint density at radius 3 is 2.75 bits per heavy atom. The maximum atomic E-state index is 13.1. The van der Waals surface area contributed by atoms with Crippen molar-refractivity contribution in [3.8, 4) is 17.1 Å². The molecule has 8 nitrogen and oxygen atoms in total. The topological polar surface area (TPSA) is 74.1 Å². The Balaban J connectivity index is 1.15. The average molecular weight is 490 g/mol. The predicted molar refractivity (Wildman–Crippen MR) is 140 cm³/mol. The third kappa shape index (κ3) is 5.65. The van der Waals surface area contributed by atoms with Crippen molar-refractivity contribution < 1.29 is 13.9 Å². The summed E-state index contributed by atoms with van der Waals surface area (Å²) >= 11 is 0. The molecular formula is C28H35N5O3. The van der Waals surface area contributed by atoms with Crippen LogP contribution in [0.3, 0.4) is 0 Å². The number of oxazole rings is 1. The quantitative estimate of drug-likeness (QED) is 0.561. The number of nitrogens with zero attached hydrogens (tertiary/aromatic N) is 4. The highest BCUT2D eigenvalue weighted by atomic mass is 16.5. The molecule has 1 aromatic heterocycles. The standard InChI is InChI=1S/C28H35N5O3/c1-21-29-18-27(36-21)25-10-9-24(17-26(25)35-2)32-12-6-13-33(16-15-32)28(34)30-23-11-14-31(20-23)19-22-7-4-3-5-8-22/h3-5,7-10,17-18,23H,6,11-16,19-20H2,1-2H3,(H,30,34). The molecule has 0 bridgehead atoms. The van der Waals surface area contributed by atoms with Gasteiger partial charge in [0.1, 0.15) is 5.75 Å². The van der Waals surface area contributed by atoms with Crippen molar-refractivity contribution in [2.24, 2.45) is 0 Å². The van der Waals surface area contributed by atoms with E-state index in [0.717, 1.165) is 69.1 Å². The number of carbonyl (C=O) groups is 1. The molecule has 1 atom stereocenters. The second-order valence-electron chi connectivity index (χ2n) is 9.61. The molecule has 5 rings (SSSR count). The number of urea groups is 1. The Morgan fingerprint density at radius 1 is 1.11 bits per heavy atom. The van der Waals surface area contributed by atoms with E-state index in [1.54, 1.807) is 13.3 Å². The number of rotatable bonds is 6. The van der Waals surface area contributed by atoms with Crippen LogP contribution in [0, 0.1) is 6.92 Å². The summed E-state index contributed by atoms with van der Waals surface area (Å²) in [6.07, 6.45) is 3.64. The molecule has 36 heavy (non-hydrogen) atoms. The zero-order valence-corrected chi connectivity index (χ0v) is 21.2. The summed E-state index contributed by atoms with van der Waals surface area (Å²) in [7, 11) is 1.67. The van der Waals surface area contributed by atoms with Crippen LogP contribution in [0.1, 0.15) is 24.3 Å². The lowest BCUT2D eigenvalue weighted by Gasteiger charge is -2.25. The van der Waals surface area contributed by atoms with Gasteiger partial charge in [-0.05, 0) is 30.5 Å². The van der Waals surface area contributed by atoms with E-state index in [2.05, 4.69) is 50.4 Å². The van der Waals surface area contributed by atoms with Crippen molar-refractivity contribution >= 4 is 11.7 Å². The van der Waals surface area contributed by atoms with Gasteiger partial charge in [0.05, 0.1) is 18.9 Å². The largest absolute Gasteiger partial charge is 0.496 e. The fourth-order valence-corrected chi connectivity index (χ4v) is 5.15. The van der Waals surface area contributed by atoms with Crippen LogP contribution in [0.4, 0.5) is 10.5 Å². The fourth-order valence-electron chi connectivity index (χ4n) is 5.15. The normalized spacial score (nSPS) is 18.8. The van der Waals surface area contributed by atoms with Gasteiger partial charge in [0.2, 0.25) is 0 Å². The summed E-state index contributed by atoms with van der Waals surface area (Å²) in [5.41, 5.74) is 3.29. The van der Waals surface area contributed by atoms with Gasteiger partial charge in [-0.2, -0.15) is 0 Å². The van der Waals surface area contributed by atoms with Crippen molar-refractivity contribution in [1.82, 2.24) is 20.1 Å². The molecule has 1 unspecified atom stereocenters. The van der Waals surface area contributed by atoms with Crippen LogP contribution in [0.5, 0.6) is 5.75 Å². The van der Waals surface area contributed by atoms with E-state index in [1.165, 1.54) is 5.56 Å². The van der Waals surface area contributed by atoms with Crippen molar-refractivity contribution in [3.63, 3.8) is 0 Å². The first kappa shape index (κ1) is 24.2. The number of methoxy groups -OCH3 is 1. The number of amides is 2. The van der Waals surface area contributed by atoms with Crippen LogP contribution >= 0.6 is 0 Å². The fraction of sp³-hybridized carbons (Fsp3) is 0.429. The van der Waals surface area contributed by atoms with Crippen LogP contribution in [0.25, 0.3) is 11.3 Å². The summed E-state index contributed by atoms with van der Waals surface area (Å²) in [6, 6.07) is 16.9. The Bertz CT molecular complexity index is 1170. The second-order valence-corrected chi connectivity index (χ2v) is 9.61. The van der Waals surface area contributed by atoms with Gasteiger partial charge in [-0.3, -0.25) is 4.90 Å². The number of hydrogen-bond donors (Lipinski definition) is 1. The van der Waals surface area contributed by atoms with E-state index in [0.29, 0.717) is 18.2 Å². The van der Waals surface area contributed by atoms with Crippen molar-refractivity contribution in [2.45, 2.75) is 32.4 Å². The number of hydrogen-bond acceptors (Lipinski definition) is 6. The third-order valence-electron chi connectivity index (χ3n) is 7.07. The summed E-state index contributed by atoms with van der Waals surface area (Å²) in [5, 5.41) is 3.28. The molecule has 0 aliphatic carbocycles. The number of benzene rings is 2.